The molecule has 0 saturated carbocycles. The van der Waals surface area contributed by atoms with E-state index in [1.54, 1.807) is 17.7 Å². The maximum atomic E-state index is 13.3. The molecular formula is C28H33N7O2. The number of rotatable bonds is 10. The molecule has 2 aromatic carbocycles. The number of nitrogens with two attached hydrogens (primary N) is 1. The average Bonchev–Trinajstić information content (AvgIpc) is 2.92. The van der Waals surface area contributed by atoms with Crippen molar-refractivity contribution >= 4 is 28.3 Å². The number of para-hydroxylation sites is 1. The Hall–Kier alpha value is -4.27. The Bertz CT molecular complexity index is 1500. The van der Waals surface area contributed by atoms with Gasteiger partial charge < -0.3 is 15.8 Å². The van der Waals surface area contributed by atoms with Crippen LogP contribution in [0.25, 0.3) is 10.9 Å². The molecule has 9 nitrogen and oxygen atoms in total. The third-order valence-corrected chi connectivity index (χ3v) is 6.45. The van der Waals surface area contributed by atoms with Gasteiger partial charge in [0.05, 0.1) is 35.3 Å². The SMILES string of the molecule is CCCn1c(C(CC)Nc2ncnc(N)c2C(=N)c2ccc(OC)c(CC)c2)nc2ccccc2c1=O. The molecule has 0 aliphatic heterocycles. The van der Waals surface area contributed by atoms with E-state index in [1.165, 1.54) is 6.33 Å². The number of aromatic nitrogens is 4. The van der Waals surface area contributed by atoms with Crippen molar-refractivity contribution < 1.29 is 4.74 Å². The summed E-state index contributed by atoms with van der Waals surface area (Å²) in [6.07, 6.45) is 3.56. The zero-order valence-corrected chi connectivity index (χ0v) is 21.7. The van der Waals surface area contributed by atoms with E-state index < -0.39 is 0 Å². The van der Waals surface area contributed by atoms with Crippen LogP contribution in [-0.2, 0) is 13.0 Å². The van der Waals surface area contributed by atoms with Crippen LogP contribution in [0.3, 0.4) is 0 Å². The summed E-state index contributed by atoms with van der Waals surface area (Å²) >= 11 is 0. The van der Waals surface area contributed by atoms with Gasteiger partial charge in [-0.05, 0) is 55.2 Å². The molecule has 1 unspecified atom stereocenters. The molecule has 0 fully saturated rings. The number of methoxy groups -OCH3 is 1. The summed E-state index contributed by atoms with van der Waals surface area (Å²) in [6.45, 7) is 6.63. The van der Waals surface area contributed by atoms with Gasteiger partial charge in [-0.3, -0.25) is 14.8 Å². The average molecular weight is 500 g/mol. The lowest BCUT2D eigenvalue weighted by Crippen LogP contribution is -2.29. The van der Waals surface area contributed by atoms with Gasteiger partial charge in [0.25, 0.3) is 5.56 Å². The number of aryl methyl sites for hydroxylation is 1. The Balaban J connectivity index is 1.79. The van der Waals surface area contributed by atoms with Crippen molar-refractivity contribution in [2.75, 3.05) is 18.2 Å². The normalized spacial score (nSPS) is 11.9. The minimum atomic E-state index is -0.341. The summed E-state index contributed by atoms with van der Waals surface area (Å²) < 4.78 is 7.18. The molecule has 4 N–H and O–H groups in total. The van der Waals surface area contributed by atoms with Crippen molar-refractivity contribution in [3.8, 4) is 5.75 Å². The quantitative estimate of drug-likeness (QED) is 0.269. The highest BCUT2D eigenvalue weighted by atomic mass is 16.5. The summed E-state index contributed by atoms with van der Waals surface area (Å²) in [6, 6.07) is 12.7. The van der Waals surface area contributed by atoms with E-state index in [0.717, 1.165) is 24.2 Å². The van der Waals surface area contributed by atoms with Gasteiger partial charge in [0, 0.05) is 12.1 Å². The predicted molar refractivity (Wildman–Crippen MR) is 148 cm³/mol. The van der Waals surface area contributed by atoms with Gasteiger partial charge >= 0.3 is 0 Å². The maximum Gasteiger partial charge on any atom is 0.261 e. The monoisotopic (exact) mass is 499 g/mol. The van der Waals surface area contributed by atoms with Gasteiger partial charge in [0.15, 0.2) is 0 Å². The lowest BCUT2D eigenvalue weighted by atomic mass is 9.99. The number of ether oxygens (including phenoxy) is 1. The molecular weight excluding hydrogens is 466 g/mol. The lowest BCUT2D eigenvalue weighted by molar-refractivity contribution is 0.410. The number of nitrogens with zero attached hydrogens (tertiary/aromatic N) is 4. The van der Waals surface area contributed by atoms with Gasteiger partial charge in [-0.25, -0.2) is 15.0 Å². The van der Waals surface area contributed by atoms with Gasteiger partial charge in [0.1, 0.15) is 29.5 Å². The third kappa shape index (κ3) is 5.02. The molecule has 0 amide bonds. The third-order valence-electron chi connectivity index (χ3n) is 6.45. The van der Waals surface area contributed by atoms with Gasteiger partial charge in [-0.1, -0.05) is 32.9 Å². The number of nitrogen functional groups attached to an aromatic ring is 1. The van der Waals surface area contributed by atoms with Crippen molar-refractivity contribution in [2.45, 2.75) is 52.6 Å². The summed E-state index contributed by atoms with van der Waals surface area (Å²) in [5.41, 5.74) is 9.15. The van der Waals surface area contributed by atoms with Crippen LogP contribution in [0.4, 0.5) is 11.6 Å². The molecule has 0 aliphatic rings. The number of hydrogen-bond acceptors (Lipinski definition) is 8. The van der Waals surface area contributed by atoms with E-state index >= 15 is 0 Å². The number of hydrogen-bond donors (Lipinski definition) is 3. The molecule has 37 heavy (non-hydrogen) atoms. The van der Waals surface area contributed by atoms with Crippen LogP contribution in [0.2, 0.25) is 0 Å². The fourth-order valence-corrected chi connectivity index (χ4v) is 4.51. The van der Waals surface area contributed by atoms with Crippen LogP contribution in [0, 0.1) is 5.41 Å². The van der Waals surface area contributed by atoms with Crippen LogP contribution in [0.5, 0.6) is 5.75 Å². The van der Waals surface area contributed by atoms with Crippen LogP contribution >= 0.6 is 0 Å². The molecule has 0 bridgehead atoms. The van der Waals surface area contributed by atoms with Crippen molar-refractivity contribution in [1.29, 1.82) is 5.41 Å². The molecule has 192 valence electrons. The summed E-state index contributed by atoms with van der Waals surface area (Å²) in [7, 11) is 1.63. The second-order valence-corrected chi connectivity index (χ2v) is 8.79. The maximum absolute atomic E-state index is 13.3. The first kappa shape index (κ1) is 25.8. The highest BCUT2D eigenvalue weighted by molar-refractivity contribution is 6.16. The predicted octanol–water partition coefficient (Wildman–Crippen LogP) is 4.73. The van der Waals surface area contributed by atoms with Gasteiger partial charge in [-0.2, -0.15) is 0 Å². The molecule has 0 radical (unpaired) electrons. The second kappa shape index (κ2) is 11.2. The van der Waals surface area contributed by atoms with Gasteiger partial charge in [0.2, 0.25) is 0 Å². The van der Waals surface area contributed by atoms with E-state index in [1.807, 2.05) is 57.2 Å². The summed E-state index contributed by atoms with van der Waals surface area (Å²) in [5.74, 6) is 2.02. The minimum Gasteiger partial charge on any atom is -0.496 e. The van der Waals surface area contributed by atoms with E-state index in [2.05, 4.69) is 15.3 Å². The van der Waals surface area contributed by atoms with E-state index in [0.29, 0.717) is 46.6 Å². The second-order valence-electron chi connectivity index (χ2n) is 8.79. The number of nitrogens with one attached hydrogen (secondary N) is 2. The van der Waals surface area contributed by atoms with Crippen LogP contribution in [0.1, 0.15) is 62.2 Å². The van der Waals surface area contributed by atoms with Crippen molar-refractivity contribution in [1.82, 2.24) is 19.5 Å². The first-order chi connectivity index (χ1) is 17.9. The van der Waals surface area contributed by atoms with Crippen molar-refractivity contribution in [2.24, 2.45) is 0 Å². The molecule has 0 aliphatic carbocycles. The molecule has 0 saturated heterocycles. The van der Waals surface area contributed by atoms with E-state index in [-0.39, 0.29) is 23.1 Å². The number of fused-ring (bicyclic) bond motifs is 1. The molecule has 4 rings (SSSR count). The van der Waals surface area contributed by atoms with Crippen molar-refractivity contribution in [3.05, 3.63) is 81.7 Å². The standard InChI is InChI=1S/C28H33N7O2/c1-5-14-35-27(34-21-11-9-8-10-19(21)28(35)36)20(7-3)33-26-23(25(30)31-16-32-26)24(29)18-12-13-22(37-4)17(6-2)15-18/h8-13,15-16,20,29H,5-7,14H2,1-4H3,(H3,30,31,32,33). The number of anilines is 2. The molecule has 4 aromatic rings. The zero-order valence-electron chi connectivity index (χ0n) is 21.7. The van der Waals surface area contributed by atoms with Gasteiger partial charge in [-0.15, -0.1) is 0 Å². The largest absolute Gasteiger partial charge is 0.496 e. The van der Waals surface area contributed by atoms with Crippen LogP contribution in [0.15, 0.2) is 53.6 Å². The topological polar surface area (TPSA) is 132 Å². The highest BCUT2D eigenvalue weighted by Gasteiger charge is 2.23. The zero-order chi connectivity index (χ0) is 26.5. The Labute approximate surface area is 216 Å². The first-order valence-electron chi connectivity index (χ1n) is 12.6. The fourth-order valence-electron chi connectivity index (χ4n) is 4.51. The lowest BCUT2D eigenvalue weighted by Gasteiger charge is -2.23. The Morgan fingerprint density at radius 1 is 1.16 bits per heavy atom. The summed E-state index contributed by atoms with van der Waals surface area (Å²) in [5, 5.41) is 13.0. The fraction of sp³-hybridized carbons (Fsp3) is 0.321. The smallest absolute Gasteiger partial charge is 0.261 e. The number of benzene rings is 2. The first-order valence-corrected chi connectivity index (χ1v) is 12.6. The molecule has 9 heteroatoms. The molecule has 2 aromatic heterocycles. The Morgan fingerprint density at radius 3 is 2.65 bits per heavy atom. The molecule has 0 spiro atoms. The Kier molecular flexibility index (Phi) is 7.81. The van der Waals surface area contributed by atoms with Crippen molar-refractivity contribution in [3.63, 3.8) is 0 Å². The molecule has 1 atom stereocenters. The van der Waals surface area contributed by atoms with E-state index in [4.69, 9.17) is 20.9 Å². The van der Waals surface area contributed by atoms with Crippen LogP contribution < -0.4 is 21.3 Å². The molecule has 2 heterocycles. The summed E-state index contributed by atoms with van der Waals surface area (Å²) in [4.78, 5) is 26.8. The van der Waals surface area contributed by atoms with Crippen LogP contribution in [-0.4, -0.2) is 32.3 Å². The Morgan fingerprint density at radius 2 is 1.95 bits per heavy atom. The highest BCUT2D eigenvalue weighted by Crippen LogP contribution is 2.29. The minimum absolute atomic E-state index is 0.0665. The van der Waals surface area contributed by atoms with E-state index in [9.17, 15) is 4.79 Å².